The molecule has 8 N–H and O–H groups in total. The molecule has 0 aliphatic rings. The van der Waals surface area contributed by atoms with Crippen molar-refractivity contribution in [2.24, 2.45) is 11.5 Å². The molecule has 31 heavy (non-hydrogen) atoms. The third-order valence-corrected chi connectivity index (χ3v) is 4.10. The summed E-state index contributed by atoms with van der Waals surface area (Å²) in [5.41, 5.74) is 13.5. The summed E-state index contributed by atoms with van der Waals surface area (Å²) in [6.45, 7) is 0. The van der Waals surface area contributed by atoms with E-state index >= 15 is 0 Å². The zero-order valence-electron chi connectivity index (χ0n) is 16.8. The molecule has 0 fully saturated rings. The Balaban J connectivity index is 0.00000240. The molecular formula is C20H24Cl2N6O3. The van der Waals surface area contributed by atoms with Gasteiger partial charge in [-0.15, -0.1) is 24.8 Å². The van der Waals surface area contributed by atoms with Crippen molar-refractivity contribution in [1.82, 2.24) is 0 Å². The summed E-state index contributed by atoms with van der Waals surface area (Å²) in [6, 6.07) is 14.4. The van der Waals surface area contributed by atoms with Gasteiger partial charge in [-0.25, -0.2) is 0 Å². The van der Waals surface area contributed by atoms with Gasteiger partial charge in [-0.3, -0.25) is 10.8 Å². The van der Waals surface area contributed by atoms with Crippen LogP contribution >= 0.6 is 24.8 Å². The monoisotopic (exact) mass is 466 g/mol. The van der Waals surface area contributed by atoms with Crippen LogP contribution in [-0.2, 0) is 0 Å². The third-order valence-electron chi connectivity index (χ3n) is 4.10. The first-order valence-corrected chi connectivity index (χ1v) is 8.60. The van der Waals surface area contributed by atoms with Crippen LogP contribution in [0.4, 0.5) is 11.4 Å². The number of benzene rings is 2. The van der Waals surface area contributed by atoms with Crippen LogP contribution in [0.3, 0.4) is 0 Å². The van der Waals surface area contributed by atoms with Crippen molar-refractivity contribution in [3.63, 3.8) is 0 Å². The van der Waals surface area contributed by atoms with Crippen LogP contribution in [0, 0.1) is 10.8 Å². The first-order valence-electron chi connectivity index (χ1n) is 8.60. The molecule has 3 aromatic rings. The number of hydrogen-bond donors (Lipinski definition) is 6. The summed E-state index contributed by atoms with van der Waals surface area (Å²) in [4.78, 5) is 0. The van der Waals surface area contributed by atoms with E-state index in [9.17, 15) is 0 Å². The van der Waals surface area contributed by atoms with Crippen molar-refractivity contribution < 1.29 is 13.9 Å². The predicted molar refractivity (Wildman–Crippen MR) is 128 cm³/mol. The van der Waals surface area contributed by atoms with E-state index in [2.05, 4.69) is 10.6 Å². The second kappa shape index (κ2) is 11.0. The van der Waals surface area contributed by atoms with Gasteiger partial charge in [-0.05, 0) is 36.4 Å². The van der Waals surface area contributed by atoms with Gasteiger partial charge < -0.3 is 36.0 Å². The van der Waals surface area contributed by atoms with Crippen molar-refractivity contribution >= 4 is 48.1 Å². The summed E-state index contributed by atoms with van der Waals surface area (Å²) in [7, 11) is 3.12. The Hall–Kier alpha value is -3.56. The van der Waals surface area contributed by atoms with Crippen molar-refractivity contribution in [1.29, 1.82) is 10.8 Å². The van der Waals surface area contributed by atoms with Crippen LogP contribution in [0.2, 0.25) is 0 Å². The van der Waals surface area contributed by atoms with E-state index in [1.54, 1.807) is 38.5 Å². The van der Waals surface area contributed by atoms with E-state index in [0.717, 1.165) is 11.1 Å². The van der Waals surface area contributed by atoms with Gasteiger partial charge in [0.25, 0.3) is 0 Å². The maximum atomic E-state index is 7.34. The van der Waals surface area contributed by atoms with Crippen LogP contribution in [0.25, 0.3) is 22.6 Å². The Bertz CT molecular complexity index is 989. The van der Waals surface area contributed by atoms with Gasteiger partial charge in [0.1, 0.15) is 23.0 Å². The molecule has 0 amide bonds. The van der Waals surface area contributed by atoms with Crippen molar-refractivity contribution in [3.8, 4) is 34.1 Å². The normalized spacial score (nSPS) is 9.61. The highest BCUT2D eigenvalue weighted by atomic mass is 35.5. The van der Waals surface area contributed by atoms with E-state index in [1.165, 1.54) is 0 Å². The van der Waals surface area contributed by atoms with E-state index in [-0.39, 0.29) is 36.7 Å². The maximum Gasteiger partial charge on any atom is 0.190 e. The SMILES string of the molecule is COc1cc(NC(=N)N)ccc1-c1ccc(-c2ccc(NC(=N)N)cc2OC)o1.Cl.Cl. The van der Waals surface area contributed by atoms with E-state index in [1.807, 2.05) is 24.3 Å². The lowest BCUT2D eigenvalue weighted by Gasteiger charge is -2.11. The molecule has 2 aromatic carbocycles. The molecular weight excluding hydrogens is 443 g/mol. The summed E-state index contributed by atoms with van der Waals surface area (Å²) < 4.78 is 17.0. The molecule has 0 aliphatic carbocycles. The summed E-state index contributed by atoms with van der Waals surface area (Å²) in [5, 5.41) is 20.1. The molecule has 1 aromatic heterocycles. The Labute approximate surface area is 191 Å². The number of furan rings is 1. The molecule has 0 atom stereocenters. The first kappa shape index (κ1) is 25.5. The zero-order chi connectivity index (χ0) is 21.0. The number of nitrogens with two attached hydrogens (primary N) is 2. The van der Waals surface area contributed by atoms with Crippen molar-refractivity contribution in [2.75, 3.05) is 24.9 Å². The number of rotatable bonds is 6. The molecule has 0 spiro atoms. The first-order chi connectivity index (χ1) is 13.9. The Morgan fingerprint density at radius 2 is 1.13 bits per heavy atom. The van der Waals surface area contributed by atoms with Crippen LogP contribution in [0.5, 0.6) is 11.5 Å². The maximum absolute atomic E-state index is 7.34. The number of hydrogen-bond acceptors (Lipinski definition) is 5. The highest BCUT2D eigenvalue weighted by Gasteiger charge is 2.15. The van der Waals surface area contributed by atoms with Crippen molar-refractivity contribution in [3.05, 3.63) is 48.5 Å². The highest BCUT2D eigenvalue weighted by molar-refractivity contribution is 5.91. The fourth-order valence-electron chi connectivity index (χ4n) is 2.88. The summed E-state index contributed by atoms with van der Waals surface area (Å²) in [5.74, 6) is 2.05. The van der Waals surface area contributed by atoms with Crippen LogP contribution in [0.1, 0.15) is 0 Å². The lowest BCUT2D eigenvalue weighted by molar-refractivity contribution is 0.413. The average molecular weight is 467 g/mol. The standard InChI is InChI=1S/C20H22N6O3.2ClH/c1-27-17-9-11(25-19(21)22)3-5-13(17)15-7-8-16(29-15)14-6-4-12(26-20(23)24)10-18(14)28-2;;/h3-10H,1-2H3,(H4,21,22,25)(H4,23,24,26);2*1H. The Kier molecular flexibility index (Phi) is 9.04. The molecule has 1 heterocycles. The largest absolute Gasteiger partial charge is 0.496 e. The number of anilines is 2. The minimum atomic E-state index is -0.158. The van der Waals surface area contributed by atoms with Gasteiger partial charge in [0.05, 0.1) is 25.3 Å². The van der Waals surface area contributed by atoms with Gasteiger partial charge in [-0.1, -0.05) is 0 Å². The number of methoxy groups -OCH3 is 2. The second-order valence-corrected chi connectivity index (χ2v) is 6.07. The van der Waals surface area contributed by atoms with Gasteiger partial charge in [0.2, 0.25) is 0 Å². The minimum absolute atomic E-state index is 0. The molecule has 0 bridgehead atoms. The summed E-state index contributed by atoms with van der Waals surface area (Å²) in [6.07, 6.45) is 0. The predicted octanol–water partition coefficient (Wildman–Crippen LogP) is 4.09. The molecule has 0 saturated heterocycles. The lowest BCUT2D eigenvalue weighted by Crippen LogP contribution is -2.20. The van der Waals surface area contributed by atoms with E-state index in [4.69, 9.17) is 36.2 Å². The second-order valence-electron chi connectivity index (χ2n) is 6.07. The van der Waals surface area contributed by atoms with E-state index in [0.29, 0.717) is 34.4 Å². The van der Waals surface area contributed by atoms with Crippen LogP contribution < -0.4 is 31.6 Å². The molecule has 0 radical (unpaired) electrons. The fourth-order valence-corrected chi connectivity index (χ4v) is 2.88. The molecule has 0 saturated carbocycles. The number of halogens is 2. The Morgan fingerprint density at radius 3 is 1.45 bits per heavy atom. The van der Waals surface area contributed by atoms with E-state index < -0.39 is 0 Å². The lowest BCUT2D eigenvalue weighted by atomic mass is 10.1. The summed E-state index contributed by atoms with van der Waals surface area (Å²) >= 11 is 0. The van der Waals surface area contributed by atoms with Crippen molar-refractivity contribution in [2.45, 2.75) is 0 Å². The molecule has 11 heteroatoms. The molecule has 0 unspecified atom stereocenters. The quantitative estimate of drug-likeness (QED) is 0.236. The number of nitrogens with one attached hydrogen (secondary N) is 4. The topological polar surface area (TPSA) is 155 Å². The third kappa shape index (κ3) is 5.97. The molecule has 0 aliphatic heterocycles. The minimum Gasteiger partial charge on any atom is -0.496 e. The zero-order valence-corrected chi connectivity index (χ0v) is 18.4. The number of guanidine groups is 2. The van der Waals surface area contributed by atoms with Gasteiger partial charge >= 0.3 is 0 Å². The smallest absolute Gasteiger partial charge is 0.190 e. The van der Waals surface area contributed by atoms with Gasteiger partial charge in [-0.2, -0.15) is 0 Å². The fraction of sp³-hybridized carbons (Fsp3) is 0.100. The van der Waals surface area contributed by atoms with Crippen LogP contribution in [0.15, 0.2) is 52.9 Å². The van der Waals surface area contributed by atoms with Gasteiger partial charge in [0, 0.05) is 23.5 Å². The van der Waals surface area contributed by atoms with Gasteiger partial charge in [0.15, 0.2) is 11.9 Å². The Morgan fingerprint density at radius 1 is 0.742 bits per heavy atom. The van der Waals surface area contributed by atoms with Crippen LogP contribution in [-0.4, -0.2) is 26.1 Å². The highest BCUT2D eigenvalue weighted by Crippen LogP contribution is 2.38. The average Bonchev–Trinajstić information content (AvgIpc) is 3.16. The molecule has 9 nitrogen and oxygen atoms in total. The molecule has 3 rings (SSSR count). The number of ether oxygens (including phenoxy) is 2. The molecule has 166 valence electrons.